The molecule has 0 aliphatic heterocycles. The minimum absolute atomic E-state index is 0.584. The molecule has 5 heteroatoms. The summed E-state index contributed by atoms with van der Waals surface area (Å²) < 4.78 is 0. The molecule has 0 bridgehead atoms. The maximum atomic E-state index is 11.2. The van der Waals surface area contributed by atoms with E-state index < -0.39 is 5.69 Å². The van der Waals surface area contributed by atoms with Crippen LogP contribution in [0, 0.1) is 0 Å². The molecule has 0 saturated carbocycles. The molecule has 0 aliphatic rings. The fraction of sp³-hybridized carbons (Fsp3) is 0. The summed E-state index contributed by atoms with van der Waals surface area (Å²) in [5, 5.41) is 8.53. The van der Waals surface area contributed by atoms with E-state index in [0.29, 0.717) is 10.9 Å². The first-order valence-electron chi connectivity index (χ1n) is 4.72. The van der Waals surface area contributed by atoms with Crippen molar-refractivity contribution in [1.82, 2.24) is 20.2 Å². The zero-order valence-corrected chi connectivity index (χ0v) is 8.16. The van der Waals surface area contributed by atoms with E-state index in [1.807, 2.05) is 24.3 Å². The summed E-state index contributed by atoms with van der Waals surface area (Å²) in [5.74, 6) is 0. The van der Waals surface area contributed by atoms with E-state index in [1.54, 1.807) is 6.20 Å². The third kappa shape index (κ3) is 1.30. The van der Waals surface area contributed by atoms with E-state index in [4.69, 9.17) is 0 Å². The highest BCUT2D eigenvalue weighted by atomic mass is 16.1. The molecule has 3 aromatic rings. The Bertz CT molecular complexity index is 742. The Hall–Kier alpha value is -2.43. The number of rotatable bonds is 0. The van der Waals surface area contributed by atoms with Crippen LogP contribution in [0.4, 0.5) is 0 Å². The van der Waals surface area contributed by atoms with Crippen molar-refractivity contribution in [2.75, 3.05) is 0 Å². The van der Waals surface area contributed by atoms with Crippen LogP contribution in [-0.4, -0.2) is 20.2 Å². The Labute approximate surface area is 89.8 Å². The van der Waals surface area contributed by atoms with Crippen molar-refractivity contribution >= 4 is 21.8 Å². The molecule has 76 valence electrons. The van der Waals surface area contributed by atoms with Gasteiger partial charge in [-0.1, -0.05) is 23.3 Å². The predicted octanol–water partition coefficient (Wildman–Crippen LogP) is 0.933. The lowest BCUT2D eigenvalue weighted by Gasteiger charge is -1.97. The zero-order chi connectivity index (χ0) is 11.0. The molecule has 2 aromatic heterocycles. The maximum absolute atomic E-state index is 11.2. The molecular formula is C11H6N4O. The second-order valence-electron chi connectivity index (χ2n) is 3.32. The minimum Gasteiger partial charge on any atom is -0.255 e. The van der Waals surface area contributed by atoms with E-state index in [0.717, 1.165) is 10.9 Å². The molecule has 0 spiro atoms. The van der Waals surface area contributed by atoms with E-state index in [9.17, 15) is 4.79 Å². The van der Waals surface area contributed by atoms with Crippen molar-refractivity contribution in [3.05, 3.63) is 47.1 Å². The van der Waals surface area contributed by atoms with Crippen LogP contribution in [0.2, 0.25) is 0 Å². The number of fused-ring (bicyclic) bond motifs is 3. The molecule has 0 atom stereocenters. The molecular weight excluding hydrogens is 204 g/mol. The summed E-state index contributed by atoms with van der Waals surface area (Å²) >= 11 is 0. The van der Waals surface area contributed by atoms with Crippen molar-refractivity contribution in [1.29, 1.82) is 0 Å². The summed E-state index contributed by atoms with van der Waals surface area (Å²) in [6.45, 7) is 0. The second-order valence-corrected chi connectivity index (χ2v) is 3.32. The van der Waals surface area contributed by atoms with Crippen molar-refractivity contribution in [3.8, 4) is 0 Å². The summed E-state index contributed by atoms with van der Waals surface area (Å²) in [5.41, 5.74) is 0.792. The quantitative estimate of drug-likeness (QED) is 0.552. The number of hydrogen-bond acceptors (Lipinski definition) is 5. The normalized spacial score (nSPS) is 10.8. The van der Waals surface area contributed by atoms with Crippen molar-refractivity contribution < 1.29 is 0 Å². The van der Waals surface area contributed by atoms with Gasteiger partial charge in [-0.3, -0.25) is 4.98 Å². The average molecular weight is 210 g/mol. The van der Waals surface area contributed by atoms with Gasteiger partial charge in [0.05, 0.1) is 17.2 Å². The van der Waals surface area contributed by atoms with Crippen LogP contribution in [0.25, 0.3) is 21.8 Å². The molecule has 3 rings (SSSR count). The van der Waals surface area contributed by atoms with Crippen LogP contribution in [0.15, 0.2) is 41.5 Å². The van der Waals surface area contributed by atoms with E-state index in [1.165, 1.54) is 6.20 Å². The van der Waals surface area contributed by atoms with Crippen LogP contribution < -0.4 is 5.69 Å². The van der Waals surface area contributed by atoms with E-state index in [-0.39, 0.29) is 0 Å². The van der Waals surface area contributed by atoms with Crippen LogP contribution in [-0.2, 0) is 0 Å². The van der Waals surface area contributed by atoms with Crippen molar-refractivity contribution in [2.45, 2.75) is 0 Å². The molecule has 5 nitrogen and oxygen atoms in total. The second kappa shape index (κ2) is 3.30. The highest BCUT2D eigenvalue weighted by Gasteiger charge is 2.02. The van der Waals surface area contributed by atoms with E-state index in [2.05, 4.69) is 20.2 Å². The molecule has 0 N–H and O–H groups in total. The average Bonchev–Trinajstić information content (AvgIpc) is 2.50. The monoisotopic (exact) mass is 210 g/mol. The lowest BCUT2D eigenvalue weighted by atomic mass is 10.2. The van der Waals surface area contributed by atoms with Crippen LogP contribution >= 0.6 is 0 Å². The Morgan fingerprint density at radius 1 is 1.06 bits per heavy atom. The number of para-hydroxylation sites is 1. The fourth-order valence-electron chi connectivity index (χ4n) is 1.62. The van der Waals surface area contributed by atoms with Gasteiger partial charge in [-0.2, -0.15) is 10.1 Å². The highest BCUT2D eigenvalue weighted by molar-refractivity contribution is 6.02. The first-order valence-corrected chi connectivity index (χ1v) is 4.72. The van der Waals surface area contributed by atoms with Gasteiger partial charge in [0, 0.05) is 17.0 Å². The zero-order valence-electron chi connectivity index (χ0n) is 8.16. The van der Waals surface area contributed by atoms with Gasteiger partial charge in [0.25, 0.3) is 0 Å². The molecule has 0 unspecified atom stereocenters. The van der Waals surface area contributed by atoms with Crippen molar-refractivity contribution in [2.24, 2.45) is 0 Å². The highest BCUT2D eigenvalue weighted by Crippen LogP contribution is 2.18. The first kappa shape index (κ1) is 8.84. The summed E-state index contributed by atoms with van der Waals surface area (Å²) in [4.78, 5) is 19.4. The first-order chi connectivity index (χ1) is 7.84. The molecule has 0 radical (unpaired) electrons. The predicted molar refractivity (Wildman–Crippen MR) is 58.9 cm³/mol. The molecule has 0 saturated heterocycles. The molecule has 0 aliphatic carbocycles. The van der Waals surface area contributed by atoms with Crippen LogP contribution in [0.3, 0.4) is 0 Å². The lowest BCUT2D eigenvalue weighted by molar-refractivity contribution is 0.972. The Morgan fingerprint density at radius 2 is 1.94 bits per heavy atom. The number of hydrogen-bond donors (Lipinski definition) is 0. The molecule has 16 heavy (non-hydrogen) atoms. The Balaban J connectivity index is 2.65. The lowest BCUT2D eigenvalue weighted by Crippen LogP contribution is -2.06. The maximum Gasteiger partial charge on any atom is 0.386 e. The largest absolute Gasteiger partial charge is 0.386 e. The summed E-state index contributed by atoms with van der Waals surface area (Å²) in [7, 11) is 0. The van der Waals surface area contributed by atoms with Gasteiger partial charge in [-0.25, -0.2) is 4.79 Å². The third-order valence-electron chi connectivity index (χ3n) is 2.32. The number of benzene rings is 1. The molecule has 1 aromatic carbocycles. The minimum atomic E-state index is -0.591. The van der Waals surface area contributed by atoms with Crippen LogP contribution in [0.5, 0.6) is 0 Å². The van der Waals surface area contributed by atoms with Gasteiger partial charge in [0.15, 0.2) is 0 Å². The molecule has 0 amide bonds. The third-order valence-corrected chi connectivity index (χ3v) is 2.32. The van der Waals surface area contributed by atoms with Gasteiger partial charge in [-0.15, -0.1) is 0 Å². The number of nitrogens with zero attached hydrogens (tertiary/aromatic N) is 4. The Kier molecular flexibility index (Phi) is 1.83. The van der Waals surface area contributed by atoms with Gasteiger partial charge >= 0.3 is 5.69 Å². The van der Waals surface area contributed by atoms with E-state index >= 15 is 0 Å². The molecule has 2 heterocycles. The Morgan fingerprint density at radius 3 is 2.88 bits per heavy atom. The number of pyridine rings is 1. The van der Waals surface area contributed by atoms with Crippen LogP contribution in [0.1, 0.15) is 0 Å². The molecule has 0 fully saturated rings. The smallest absolute Gasteiger partial charge is 0.255 e. The summed E-state index contributed by atoms with van der Waals surface area (Å²) in [6, 6.07) is 7.51. The number of aromatic nitrogens is 4. The van der Waals surface area contributed by atoms with Gasteiger partial charge in [-0.05, 0) is 6.07 Å². The van der Waals surface area contributed by atoms with Gasteiger partial charge in [0.1, 0.15) is 0 Å². The topological polar surface area (TPSA) is 68.6 Å². The fourth-order valence-corrected chi connectivity index (χ4v) is 1.62. The van der Waals surface area contributed by atoms with Crippen molar-refractivity contribution in [3.63, 3.8) is 0 Å². The standard InChI is InChI=1S/C11H6N4O/c16-11-14-10-7(6-13-15-11)5-12-9-4-2-1-3-8(9)10/h1-6H. The summed E-state index contributed by atoms with van der Waals surface area (Å²) in [6.07, 6.45) is 3.13. The van der Waals surface area contributed by atoms with Gasteiger partial charge in [0.2, 0.25) is 0 Å². The van der Waals surface area contributed by atoms with Gasteiger partial charge < -0.3 is 0 Å². The SMILES string of the molecule is O=c1nncc2cnc3ccccc3c2n1.